The van der Waals surface area contributed by atoms with Gasteiger partial charge in [-0.1, -0.05) is 13.8 Å². The van der Waals surface area contributed by atoms with Crippen molar-refractivity contribution in [3.8, 4) is 5.75 Å². The first kappa shape index (κ1) is 29.0. The number of carbonyl (C=O) groups excluding carboxylic acids is 1. The molecule has 0 amide bonds. The normalized spacial score (nSPS) is 12.6. The summed E-state index contributed by atoms with van der Waals surface area (Å²) < 4.78 is 39.0. The first-order valence-electron chi connectivity index (χ1n) is 11.5. The van der Waals surface area contributed by atoms with Gasteiger partial charge < -0.3 is 14.6 Å². The molecule has 1 heterocycles. The summed E-state index contributed by atoms with van der Waals surface area (Å²) in [6.07, 6.45) is 3.62. The van der Waals surface area contributed by atoms with E-state index < -0.39 is 27.2 Å². The van der Waals surface area contributed by atoms with Gasteiger partial charge in [0.1, 0.15) is 17.0 Å². The van der Waals surface area contributed by atoms with Crippen molar-refractivity contribution in [2.45, 2.75) is 83.8 Å². The molecule has 0 bridgehead atoms. The van der Waals surface area contributed by atoms with Gasteiger partial charge in [-0.3, -0.25) is 4.79 Å². The van der Waals surface area contributed by atoms with Crippen LogP contribution in [0, 0.1) is 5.41 Å². The Morgan fingerprint density at radius 2 is 1.53 bits per heavy atom. The number of hydrogen-bond acceptors (Lipinski definition) is 8. The minimum atomic E-state index is -3.99. The van der Waals surface area contributed by atoms with Crippen molar-refractivity contribution >= 4 is 27.9 Å². The Hall–Kier alpha value is -3.21. The van der Waals surface area contributed by atoms with E-state index in [2.05, 4.69) is 28.5 Å². The fourth-order valence-corrected chi connectivity index (χ4v) is 4.74. The molecule has 1 aromatic carbocycles. The Kier molecular flexibility index (Phi) is 8.72. The Labute approximate surface area is 212 Å². The van der Waals surface area contributed by atoms with Crippen LogP contribution in [0.2, 0.25) is 0 Å². The molecule has 0 saturated carbocycles. The van der Waals surface area contributed by atoms with Crippen molar-refractivity contribution in [1.82, 2.24) is 9.97 Å². The lowest BCUT2D eigenvalue weighted by atomic mass is 9.78. The molecule has 0 aliphatic rings. The van der Waals surface area contributed by atoms with Gasteiger partial charge in [-0.2, -0.15) is 0 Å². The van der Waals surface area contributed by atoms with Crippen LogP contribution in [0.3, 0.4) is 0 Å². The molecular formula is C25H35N3O7S. The molecule has 0 radical (unpaired) electrons. The van der Waals surface area contributed by atoms with E-state index in [0.717, 1.165) is 12.4 Å². The first-order valence-corrected chi connectivity index (χ1v) is 12.9. The molecule has 0 unspecified atom stereocenters. The molecule has 0 aliphatic carbocycles. The molecule has 1 aromatic heterocycles. The number of nitrogens with one attached hydrogen (secondary N) is 1. The van der Waals surface area contributed by atoms with Crippen LogP contribution in [0.4, 0.5) is 5.95 Å². The number of aromatic carboxylic acids is 1. The summed E-state index contributed by atoms with van der Waals surface area (Å²) in [7, 11) is -3.99. The molecule has 36 heavy (non-hydrogen) atoms. The minimum absolute atomic E-state index is 0.0312. The van der Waals surface area contributed by atoms with Gasteiger partial charge in [0, 0.05) is 18.8 Å². The largest absolute Gasteiger partial charge is 0.488 e. The van der Waals surface area contributed by atoms with E-state index >= 15 is 0 Å². The van der Waals surface area contributed by atoms with Crippen molar-refractivity contribution < 1.29 is 32.6 Å². The third kappa shape index (κ3) is 9.44. The Bertz CT molecular complexity index is 1170. The van der Waals surface area contributed by atoms with E-state index in [9.17, 15) is 18.0 Å². The summed E-state index contributed by atoms with van der Waals surface area (Å²) in [5.74, 6) is -1.20. The highest BCUT2D eigenvalue weighted by Gasteiger charge is 2.31. The lowest BCUT2D eigenvalue weighted by Crippen LogP contribution is -2.35. The second kappa shape index (κ2) is 10.8. The maximum absolute atomic E-state index is 12.6. The quantitative estimate of drug-likeness (QED) is 0.403. The van der Waals surface area contributed by atoms with Crippen molar-refractivity contribution in [2.24, 2.45) is 5.41 Å². The number of nitrogens with zero attached hydrogens (tertiary/aromatic N) is 2. The van der Waals surface area contributed by atoms with Crippen molar-refractivity contribution in [3.63, 3.8) is 0 Å². The highest BCUT2D eigenvalue weighted by Crippen LogP contribution is 2.35. The molecule has 0 saturated heterocycles. The highest BCUT2D eigenvalue weighted by atomic mass is 32.2. The number of carboxylic acids is 1. The number of sulfonamides is 1. The predicted molar refractivity (Wildman–Crippen MR) is 134 cm³/mol. The lowest BCUT2D eigenvalue weighted by molar-refractivity contribution is -0.155. The standard InChI is InChI=1S/C25H35N3O7S/c1-23(2,3)35-20(29)12-13-24(4,5)16-25(6,7)34-18-8-10-19(11-9-18)36(32,33)28-22-26-14-17(15-27-22)21(30)31/h8-11,14-15H,12-13,16H2,1-7H3,(H,30,31)(H,26,27,28). The van der Waals surface area contributed by atoms with E-state index in [0.29, 0.717) is 25.0 Å². The number of aromatic nitrogens is 2. The van der Waals surface area contributed by atoms with Crippen LogP contribution in [0.1, 0.15) is 78.1 Å². The summed E-state index contributed by atoms with van der Waals surface area (Å²) in [5.41, 5.74) is -1.47. The van der Waals surface area contributed by atoms with Crippen molar-refractivity contribution in [1.29, 1.82) is 0 Å². The zero-order chi connectivity index (χ0) is 27.4. The van der Waals surface area contributed by atoms with E-state index in [1.54, 1.807) is 12.1 Å². The number of benzene rings is 1. The Balaban J connectivity index is 2.00. The third-order valence-corrected chi connectivity index (χ3v) is 6.33. The summed E-state index contributed by atoms with van der Waals surface area (Å²) in [4.78, 5) is 30.4. The van der Waals surface area contributed by atoms with Gasteiger partial charge in [0.15, 0.2) is 0 Å². The second-order valence-corrected chi connectivity index (χ2v) is 12.6. The average molecular weight is 522 g/mol. The van der Waals surface area contributed by atoms with E-state index in [1.807, 2.05) is 34.6 Å². The first-order chi connectivity index (χ1) is 16.4. The van der Waals surface area contributed by atoms with Crippen LogP contribution in [0.25, 0.3) is 0 Å². The third-order valence-electron chi connectivity index (χ3n) is 4.98. The molecule has 0 fully saturated rings. The van der Waals surface area contributed by atoms with Gasteiger partial charge in [-0.15, -0.1) is 0 Å². The fraction of sp³-hybridized carbons (Fsp3) is 0.520. The molecule has 2 rings (SSSR count). The van der Waals surface area contributed by atoms with E-state index in [-0.39, 0.29) is 27.8 Å². The van der Waals surface area contributed by atoms with Gasteiger partial charge in [0.2, 0.25) is 5.95 Å². The fourth-order valence-electron chi connectivity index (χ4n) is 3.79. The SMILES string of the molecule is CC(C)(CCC(=O)OC(C)(C)C)CC(C)(C)Oc1ccc(S(=O)(=O)Nc2ncc(C(=O)O)cn2)cc1. The number of ether oxygens (including phenoxy) is 2. The molecule has 10 nitrogen and oxygen atoms in total. The van der Waals surface area contributed by atoms with Gasteiger partial charge >= 0.3 is 11.9 Å². The number of esters is 1. The van der Waals surface area contributed by atoms with E-state index in [4.69, 9.17) is 14.6 Å². The van der Waals surface area contributed by atoms with E-state index in [1.165, 1.54) is 12.1 Å². The second-order valence-electron chi connectivity index (χ2n) is 11.0. The van der Waals surface area contributed by atoms with Crippen LogP contribution in [-0.2, 0) is 19.6 Å². The predicted octanol–water partition coefficient (Wildman–Crippen LogP) is 4.67. The summed E-state index contributed by atoms with van der Waals surface area (Å²) in [6.45, 7) is 13.5. The Morgan fingerprint density at radius 1 is 0.972 bits per heavy atom. The Morgan fingerprint density at radius 3 is 2.03 bits per heavy atom. The number of hydrogen-bond donors (Lipinski definition) is 2. The van der Waals surface area contributed by atoms with Crippen LogP contribution >= 0.6 is 0 Å². The summed E-state index contributed by atoms with van der Waals surface area (Å²) in [5, 5.41) is 8.89. The minimum Gasteiger partial charge on any atom is -0.488 e. The average Bonchev–Trinajstić information content (AvgIpc) is 2.70. The van der Waals surface area contributed by atoms with Crippen LogP contribution in [0.15, 0.2) is 41.6 Å². The van der Waals surface area contributed by atoms with Gasteiger partial charge in [0.05, 0.1) is 10.5 Å². The van der Waals surface area contributed by atoms with Gasteiger partial charge in [-0.05, 0) is 77.1 Å². The van der Waals surface area contributed by atoms with Crippen LogP contribution in [-0.4, -0.2) is 46.6 Å². The number of anilines is 1. The molecular weight excluding hydrogens is 486 g/mol. The molecule has 0 atom stereocenters. The molecule has 198 valence electrons. The number of carbonyl (C=O) groups is 2. The smallest absolute Gasteiger partial charge is 0.338 e. The van der Waals surface area contributed by atoms with Gasteiger partial charge in [-0.25, -0.2) is 27.9 Å². The van der Waals surface area contributed by atoms with Crippen LogP contribution in [0.5, 0.6) is 5.75 Å². The van der Waals surface area contributed by atoms with Gasteiger partial charge in [0.25, 0.3) is 10.0 Å². The molecule has 0 aliphatic heterocycles. The summed E-state index contributed by atoms with van der Waals surface area (Å²) >= 11 is 0. The maximum Gasteiger partial charge on any atom is 0.338 e. The molecule has 11 heteroatoms. The number of carboxylic acid groups (broad SMARTS) is 1. The summed E-state index contributed by atoms with van der Waals surface area (Å²) in [6, 6.07) is 5.90. The van der Waals surface area contributed by atoms with Crippen molar-refractivity contribution in [3.05, 3.63) is 42.2 Å². The number of rotatable bonds is 11. The molecule has 2 aromatic rings. The topological polar surface area (TPSA) is 145 Å². The van der Waals surface area contributed by atoms with Crippen molar-refractivity contribution in [2.75, 3.05) is 4.72 Å². The zero-order valence-electron chi connectivity index (χ0n) is 21.8. The maximum atomic E-state index is 12.6. The lowest BCUT2D eigenvalue weighted by Gasteiger charge is -2.35. The molecule has 0 spiro atoms. The zero-order valence-corrected chi connectivity index (χ0v) is 22.6. The molecule has 2 N–H and O–H groups in total. The highest BCUT2D eigenvalue weighted by molar-refractivity contribution is 7.92. The van der Waals surface area contributed by atoms with Crippen LogP contribution < -0.4 is 9.46 Å². The monoisotopic (exact) mass is 521 g/mol.